The van der Waals surface area contributed by atoms with E-state index in [-0.39, 0.29) is 29.1 Å². The van der Waals surface area contributed by atoms with Gasteiger partial charge in [0.1, 0.15) is 17.3 Å². The molecule has 10 heteroatoms. The fourth-order valence-electron chi connectivity index (χ4n) is 4.74. The molecule has 3 N–H and O–H groups in total. The summed E-state index contributed by atoms with van der Waals surface area (Å²) in [4.78, 5) is 41.5. The highest BCUT2D eigenvalue weighted by Crippen LogP contribution is 2.40. The number of aliphatic hydroxyl groups excluding tert-OH is 1. The van der Waals surface area contributed by atoms with Gasteiger partial charge in [-0.3, -0.25) is 19.7 Å². The van der Waals surface area contributed by atoms with Gasteiger partial charge in [-0.2, -0.15) is 0 Å². The topological polar surface area (TPSA) is 146 Å². The lowest BCUT2D eigenvalue weighted by Crippen LogP contribution is -2.31. The van der Waals surface area contributed by atoms with Crippen molar-refractivity contribution < 1.29 is 29.5 Å². The highest BCUT2D eigenvalue weighted by molar-refractivity contribution is 6.46. The van der Waals surface area contributed by atoms with Crippen LogP contribution in [0.1, 0.15) is 22.7 Å². The number of hydrogen-bond donors (Lipinski definition) is 3. The van der Waals surface area contributed by atoms with Gasteiger partial charge in [0.05, 0.1) is 23.6 Å². The number of nitro benzene ring substituents is 1. The molecule has 0 spiro atoms. The Hall–Kier alpha value is -5.12. The van der Waals surface area contributed by atoms with Crippen LogP contribution in [-0.4, -0.2) is 50.4 Å². The SMILES string of the molecule is COc1ccc2[nH]cc(CCN3C(=O)C(=O)C(=C(O)c4ccc([N+](=O)[O-])cc4)[C@@H]3c3ccc(O)cc3)c2c1. The second-order valence-electron chi connectivity index (χ2n) is 8.86. The molecule has 0 bridgehead atoms. The van der Waals surface area contributed by atoms with Gasteiger partial charge in [0.15, 0.2) is 0 Å². The minimum Gasteiger partial charge on any atom is -0.508 e. The predicted octanol–water partition coefficient (Wildman–Crippen LogP) is 4.45. The summed E-state index contributed by atoms with van der Waals surface area (Å²) in [5.41, 5.74) is 2.20. The molecule has 0 aliphatic carbocycles. The molecule has 5 rings (SSSR count). The van der Waals surface area contributed by atoms with Crippen molar-refractivity contribution in [1.29, 1.82) is 0 Å². The van der Waals surface area contributed by atoms with Gasteiger partial charge in [0.2, 0.25) is 0 Å². The Kier molecular flexibility index (Phi) is 6.29. The quantitative estimate of drug-likeness (QED) is 0.109. The van der Waals surface area contributed by atoms with Gasteiger partial charge in [-0.1, -0.05) is 12.1 Å². The smallest absolute Gasteiger partial charge is 0.295 e. The number of nitrogens with zero attached hydrogens (tertiary/aromatic N) is 2. The number of ketones is 1. The lowest BCUT2D eigenvalue weighted by Gasteiger charge is -2.25. The number of aromatic nitrogens is 1. The van der Waals surface area contributed by atoms with E-state index >= 15 is 0 Å². The number of likely N-dealkylation sites (tertiary alicyclic amines) is 1. The monoisotopic (exact) mass is 513 g/mol. The average molecular weight is 514 g/mol. The molecule has 1 amide bonds. The molecule has 2 heterocycles. The second kappa shape index (κ2) is 9.74. The number of fused-ring (bicyclic) bond motifs is 1. The van der Waals surface area contributed by atoms with E-state index in [0.717, 1.165) is 16.5 Å². The fourth-order valence-corrected chi connectivity index (χ4v) is 4.74. The largest absolute Gasteiger partial charge is 0.508 e. The van der Waals surface area contributed by atoms with Gasteiger partial charge in [0, 0.05) is 41.3 Å². The summed E-state index contributed by atoms with van der Waals surface area (Å²) in [5, 5.41) is 32.9. The normalized spacial score (nSPS) is 16.8. The number of aromatic amines is 1. The zero-order valence-electron chi connectivity index (χ0n) is 20.2. The number of rotatable bonds is 7. The Morgan fingerprint density at radius 1 is 1.08 bits per heavy atom. The molecule has 1 saturated heterocycles. The van der Waals surface area contributed by atoms with Crippen LogP contribution in [0.2, 0.25) is 0 Å². The van der Waals surface area contributed by atoms with E-state index in [0.29, 0.717) is 17.7 Å². The van der Waals surface area contributed by atoms with E-state index in [9.17, 15) is 29.9 Å². The van der Waals surface area contributed by atoms with E-state index in [1.165, 1.54) is 41.3 Å². The Morgan fingerprint density at radius 2 is 1.79 bits per heavy atom. The van der Waals surface area contributed by atoms with Crippen LogP contribution in [0.4, 0.5) is 5.69 Å². The molecule has 4 aromatic rings. The van der Waals surface area contributed by atoms with Gasteiger partial charge in [0.25, 0.3) is 17.4 Å². The number of nitro groups is 1. The first-order valence-electron chi connectivity index (χ1n) is 11.7. The molecule has 1 aliphatic rings. The maximum Gasteiger partial charge on any atom is 0.295 e. The summed E-state index contributed by atoms with van der Waals surface area (Å²) in [5.74, 6) is -1.38. The molecule has 0 unspecified atom stereocenters. The minimum atomic E-state index is -0.925. The number of H-pyrrole nitrogens is 1. The van der Waals surface area contributed by atoms with Crippen LogP contribution in [0.5, 0.6) is 11.5 Å². The molecule has 0 saturated carbocycles. The number of carbonyl (C=O) groups is 2. The number of ether oxygens (including phenoxy) is 1. The number of benzene rings is 3. The molecule has 1 fully saturated rings. The Bertz CT molecular complexity index is 1590. The molecule has 192 valence electrons. The van der Waals surface area contributed by atoms with Crippen molar-refractivity contribution in [2.45, 2.75) is 12.5 Å². The number of non-ortho nitro benzene ring substituents is 1. The zero-order valence-corrected chi connectivity index (χ0v) is 20.2. The number of carbonyl (C=O) groups excluding carboxylic acids is 2. The van der Waals surface area contributed by atoms with Crippen LogP contribution in [0.25, 0.3) is 16.7 Å². The third kappa shape index (κ3) is 4.32. The summed E-state index contributed by atoms with van der Waals surface area (Å²) in [6.45, 7) is 0.164. The summed E-state index contributed by atoms with van der Waals surface area (Å²) in [6.07, 6.45) is 2.25. The maximum atomic E-state index is 13.2. The number of nitrogens with one attached hydrogen (secondary N) is 1. The van der Waals surface area contributed by atoms with Gasteiger partial charge in [-0.15, -0.1) is 0 Å². The Morgan fingerprint density at radius 3 is 2.45 bits per heavy atom. The van der Waals surface area contributed by atoms with Crippen LogP contribution in [0.15, 0.2) is 78.5 Å². The van der Waals surface area contributed by atoms with E-state index in [2.05, 4.69) is 4.98 Å². The second-order valence-corrected chi connectivity index (χ2v) is 8.86. The first-order valence-corrected chi connectivity index (χ1v) is 11.7. The molecule has 0 radical (unpaired) electrons. The zero-order chi connectivity index (χ0) is 27.0. The highest BCUT2D eigenvalue weighted by Gasteiger charge is 2.45. The first kappa shape index (κ1) is 24.6. The van der Waals surface area contributed by atoms with Crippen molar-refractivity contribution in [2.75, 3.05) is 13.7 Å². The maximum absolute atomic E-state index is 13.2. The number of phenols is 1. The molecular formula is C28H23N3O7. The standard InChI is InChI=1S/C28H23N3O7/c1-38-21-10-11-23-22(14-21)18(15-29-23)12-13-30-25(16-4-8-20(32)9-5-16)24(27(34)28(30)35)26(33)17-2-6-19(7-3-17)31(36)37/h2-11,14-15,25,29,32-33H,12-13H2,1H3/t25-/m0/s1. The first-order chi connectivity index (χ1) is 18.3. The molecule has 1 atom stereocenters. The van der Waals surface area contributed by atoms with Crippen molar-refractivity contribution in [2.24, 2.45) is 0 Å². The Labute approximate surface area is 216 Å². The minimum absolute atomic E-state index is 0.00816. The third-order valence-corrected chi connectivity index (χ3v) is 6.70. The van der Waals surface area contributed by atoms with Crippen molar-refractivity contribution >= 4 is 34.0 Å². The molecule has 38 heavy (non-hydrogen) atoms. The Balaban J connectivity index is 1.54. The van der Waals surface area contributed by atoms with E-state index in [4.69, 9.17) is 4.74 Å². The summed E-state index contributed by atoms with van der Waals surface area (Å²) < 4.78 is 5.33. The summed E-state index contributed by atoms with van der Waals surface area (Å²) in [6, 6.07) is 15.8. The van der Waals surface area contributed by atoms with Crippen molar-refractivity contribution in [1.82, 2.24) is 9.88 Å². The van der Waals surface area contributed by atoms with E-state index in [1.54, 1.807) is 19.2 Å². The molecule has 10 nitrogen and oxygen atoms in total. The van der Waals surface area contributed by atoms with Gasteiger partial charge in [-0.05, 0) is 60.0 Å². The van der Waals surface area contributed by atoms with Crippen LogP contribution in [0, 0.1) is 10.1 Å². The number of hydrogen-bond acceptors (Lipinski definition) is 7. The van der Waals surface area contributed by atoms with Crippen molar-refractivity contribution in [3.63, 3.8) is 0 Å². The average Bonchev–Trinajstić information content (AvgIpc) is 3.44. The third-order valence-electron chi connectivity index (χ3n) is 6.70. The number of aliphatic hydroxyl groups is 1. The number of phenolic OH excluding ortho intramolecular Hbond substituents is 1. The predicted molar refractivity (Wildman–Crippen MR) is 139 cm³/mol. The number of amides is 1. The van der Waals surface area contributed by atoms with Crippen LogP contribution in [-0.2, 0) is 16.0 Å². The lowest BCUT2D eigenvalue weighted by atomic mass is 9.95. The number of methoxy groups -OCH3 is 1. The van der Waals surface area contributed by atoms with Gasteiger partial charge in [-0.25, -0.2) is 0 Å². The van der Waals surface area contributed by atoms with Crippen LogP contribution >= 0.6 is 0 Å². The molecule has 3 aromatic carbocycles. The molecular weight excluding hydrogens is 490 g/mol. The summed E-state index contributed by atoms with van der Waals surface area (Å²) >= 11 is 0. The highest BCUT2D eigenvalue weighted by atomic mass is 16.6. The van der Waals surface area contributed by atoms with Gasteiger partial charge >= 0.3 is 0 Å². The number of Topliss-reactive ketones (excluding diaryl/α,β-unsaturated/α-hetero) is 1. The summed E-state index contributed by atoms with van der Waals surface area (Å²) in [7, 11) is 1.58. The van der Waals surface area contributed by atoms with Crippen molar-refractivity contribution in [3.8, 4) is 11.5 Å². The van der Waals surface area contributed by atoms with E-state index < -0.39 is 28.4 Å². The lowest BCUT2D eigenvalue weighted by molar-refractivity contribution is -0.384. The molecule has 1 aromatic heterocycles. The van der Waals surface area contributed by atoms with Crippen LogP contribution < -0.4 is 4.74 Å². The van der Waals surface area contributed by atoms with Gasteiger partial charge < -0.3 is 24.8 Å². The van der Waals surface area contributed by atoms with Crippen LogP contribution in [0.3, 0.4) is 0 Å². The fraction of sp³-hybridized carbons (Fsp3) is 0.143. The van der Waals surface area contributed by atoms with Crippen molar-refractivity contribution in [3.05, 3.63) is 105 Å². The molecule has 1 aliphatic heterocycles. The number of aromatic hydroxyl groups is 1. The van der Waals surface area contributed by atoms with E-state index in [1.807, 2.05) is 24.4 Å².